The summed E-state index contributed by atoms with van der Waals surface area (Å²) in [5.41, 5.74) is 2.68. The first-order chi connectivity index (χ1) is 7.65. The molecule has 1 N–H and O–H groups in total. The molecule has 0 spiro atoms. The van der Waals surface area contributed by atoms with E-state index in [1.807, 2.05) is 32.1 Å². The highest BCUT2D eigenvalue weighted by Gasteiger charge is 2.02. The molecular weight excluding hydrogens is 201 g/mol. The molecular formula is C14H20FN. The van der Waals surface area contributed by atoms with E-state index in [0.717, 1.165) is 30.6 Å². The number of rotatable bonds is 5. The van der Waals surface area contributed by atoms with Crippen LogP contribution >= 0.6 is 0 Å². The van der Waals surface area contributed by atoms with E-state index in [4.69, 9.17) is 0 Å². The molecule has 0 amide bonds. The molecule has 1 aromatic carbocycles. The van der Waals surface area contributed by atoms with E-state index in [9.17, 15) is 4.39 Å². The van der Waals surface area contributed by atoms with Crippen molar-refractivity contribution in [3.8, 4) is 0 Å². The summed E-state index contributed by atoms with van der Waals surface area (Å²) < 4.78 is 13.6. The summed E-state index contributed by atoms with van der Waals surface area (Å²) >= 11 is 0. The number of benzene rings is 1. The fourth-order valence-corrected chi connectivity index (χ4v) is 1.70. The lowest BCUT2D eigenvalue weighted by Gasteiger charge is -2.04. The molecule has 0 fully saturated rings. The third kappa shape index (κ3) is 3.78. The van der Waals surface area contributed by atoms with Crippen LogP contribution in [0.4, 0.5) is 4.39 Å². The molecule has 1 aromatic rings. The Labute approximate surface area is 97.4 Å². The third-order valence-electron chi connectivity index (χ3n) is 2.50. The summed E-state index contributed by atoms with van der Waals surface area (Å²) in [5.74, 6) is -0.128. The topological polar surface area (TPSA) is 12.0 Å². The van der Waals surface area contributed by atoms with Crippen LogP contribution in [0.25, 0.3) is 6.08 Å². The number of hydrogen-bond donors (Lipinski definition) is 1. The molecule has 0 radical (unpaired) electrons. The molecule has 0 atom stereocenters. The lowest BCUT2D eigenvalue weighted by atomic mass is 10.0. The van der Waals surface area contributed by atoms with Gasteiger partial charge in [-0.15, -0.1) is 0 Å². The monoisotopic (exact) mass is 221 g/mol. The average Bonchev–Trinajstić information content (AvgIpc) is 2.20. The molecule has 1 nitrogen and oxygen atoms in total. The molecule has 0 heterocycles. The SMILES string of the molecule is CCNCC/C=C/c1c(C)cc(C)cc1F. The van der Waals surface area contributed by atoms with Crippen LogP contribution in [0.3, 0.4) is 0 Å². The average molecular weight is 221 g/mol. The minimum atomic E-state index is -0.128. The van der Waals surface area contributed by atoms with Crippen LogP contribution in [0.2, 0.25) is 0 Å². The molecule has 0 bridgehead atoms. The molecule has 88 valence electrons. The van der Waals surface area contributed by atoms with Crippen molar-refractivity contribution >= 4 is 6.08 Å². The second-order valence-electron chi connectivity index (χ2n) is 4.02. The Hall–Kier alpha value is -1.15. The lowest BCUT2D eigenvalue weighted by molar-refractivity contribution is 0.622. The Morgan fingerprint density at radius 3 is 2.69 bits per heavy atom. The minimum absolute atomic E-state index is 0.128. The van der Waals surface area contributed by atoms with Crippen LogP contribution in [-0.2, 0) is 0 Å². The maximum Gasteiger partial charge on any atom is 0.130 e. The maximum atomic E-state index is 13.6. The smallest absolute Gasteiger partial charge is 0.130 e. The van der Waals surface area contributed by atoms with Crippen molar-refractivity contribution in [2.45, 2.75) is 27.2 Å². The fourth-order valence-electron chi connectivity index (χ4n) is 1.70. The first-order valence-electron chi connectivity index (χ1n) is 5.79. The van der Waals surface area contributed by atoms with Gasteiger partial charge in [0.1, 0.15) is 5.82 Å². The second-order valence-corrected chi connectivity index (χ2v) is 4.02. The normalized spacial score (nSPS) is 11.2. The molecule has 0 unspecified atom stereocenters. The van der Waals surface area contributed by atoms with E-state index in [1.165, 1.54) is 0 Å². The molecule has 2 heteroatoms. The zero-order valence-electron chi connectivity index (χ0n) is 10.3. The third-order valence-corrected chi connectivity index (χ3v) is 2.50. The van der Waals surface area contributed by atoms with Gasteiger partial charge >= 0.3 is 0 Å². The zero-order valence-corrected chi connectivity index (χ0v) is 10.3. The predicted molar refractivity (Wildman–Crippen MR) is 68.1 cm³/mol. The van der Waals surface area contributed by atoms with Crippen molar-refractivity contribution in [2.75, 3.05) is 13.1 Å². The zero-order chi connectivity index (χ0) is 12.0. The number of nitrogens with one attached hydrogen (secondary N) is 1. The van der Waals surface area contributed by atoms with Crippen LogP contribution in [0.5, 0.6) is 0 Å². The van der Waals surface area contributed by atoms with Crippen molar-refractivity contribution in [1.29, 1.82) is 0 Å². The number of hydrogen-bond acceptors (Lipinski definition) is 1. The summed E-state index contributed by atoms with van der Waals surface area (Å²) in [5, 5.41) is 3.23. The molecule has 0 aromatic heterocycles. The standard InChI is InChI=1S/C14H20FN/c1-4-16-8-6-5-7-13-12(3)9-11(2)10-14(13)15/h5,7,9-10,16H,4,6,8H2,1-3H3/b7-5+. The number of aryl methyl sites for hydroxylation is 2. The summed E-state index contributed by atoms with van der Waals surface area (Å²) in [6.45, 7) is 7.85. The van der Waals surface area contributed by atoms with Gasteiger partial charge in [-0.25, -0.2) is 4.39 Å². The number of halogens is 1. The fraction of sp³-hybridized carbons (Fsp3) is 0.429. The first-order valence-corrected chi connectivity index (χ1v) is 5.79. The van der Waals surface area contributed by atoms with E-state index in [1.54, 1.807) is 6.07 Å². The van der Waals surface area contributed by atoms with Gasteiger partial charge in [0, 0.05) is 5.56 Å². The Balaban J connectivity index is 2.66. The minimum Gasteiger partial charge on any atom is -0.317 e. The molecule has 16 heavy (non-hydrogen) atoms. The van der Waals surface area contributed by atoms with Crippen LogP contribution in [-0.4, -0.2) is 13.1 Å². The lowest BCUT2D eigenvalue weighted by Crippen LogP contribution is -2.12. The van der Waals surface area contributed by atoms with Gasteiger partial charge in [0.15, 0.2) is 0 Å². The van der Waals surface area contributed by atoms with Gasteiger partial charge in [-0.05, 0) is 50.6 Å². The quantitative estimate of drug-likeness (QED) is 0.751. The predicted octanol–water partition coefficient (Wildman–Crippen LogP) is 3.46. The largest absolute Gasteiger partial charge is 0.317 e. The van der Waals surface area contributed by atoms with Gasteiger partial charge in [0.25, 0.3) is 0 Å². The van der Waals surface area contributed by atoms with Crippen LogP contribution < -0.4 is 5.32 Å². The Morgan fingerprint density at radius 2 is 2.06 bits per heavy atom. The summed E-state index contributed by atoms with van der Waals surface area (Å²) in [7, 11) is 0. The second kappa shape index (κ2) is 6.44. The van der Waals surface area contributed by atoms with E-state index in [0.29, 0.717) is 5.56 Å². The van der Waals surface area contributed by atoms with E-state index >= 15 is 0 Å². The Kier molecular flexibility index (Phi) is 5.20. The van der Waals surface area contributed by atoms with Crippen LogP contribution in [0.1, 0.15) is 30.0 Å². The van der Waals surface area contributed by atoms with Gasteiger partial charge in [0.05, 0.1) is 0 Å². The van der Waals surface area contributed by atoms with Crippen LogP contribution in [0.15, 0.2) is 18.2 Å². The summed E-state index contributed by atoms with van der Waals surface area (Å²) in [4.78, 5) is 0. The van der Waals surface area contributed by atoms with E-state index in [-0.39, 0.29) is 5.82 Å². The highest BCUT2D eigenvalue weighted by atomic mass is 19.1. The van der Waals surface area contributed by atoms with Crippen molar-refractivity contribution in [3.05, 3.63) is 40.7 Å². The van der Waals surface area contributed by atoms with E-state index < -0.39 is 0 Å². The van der Waals surface area contributed by atoms with Gasteiger partial charge in [-0.2, -0.15) is 0 Å². The van der Waals surface area contributed by atoms with Crippen molar-refractivity contribution in [1.82, 2.24) is 5.32 Å². The maximum absolute atomic E-state index is 13.6. The van der Waals surface area contributed by atoms with Crippen molar-refractivity contribution < 1.29 is 4.39 Å². The molecule has 0 aliphatic carbocycles. The highest BCUT2D eigenvalue weighted by molar-refractivity contribution is 5.55. The first kappa shape index (κ1) is 12.9. The summed E-state index contributed by atoms with van der Waals surface area (Å²) in [6, 6.07) is 3.59. The molecule has 1 rings (SSSR count). The van der Waals surface area contributed by atoms with Gasteiger partial charge < -0.3 is 5.32 Å². The Bertz CT molecular complexity index is 346. The van der Waals surface area contributed by atoms with Crippen molar-refractivity contribution in [3.63, 3.8) is 0 Å². The summed E-state index contributed by atoms with van der Waals surface area (Å²) in [6.07, 6.45) is 4.82. The van der Waals surface area contributed by atoms with Gasteiger partial charge in [-0.3, -0.25) is 0 Å². The molecule has 0 aliphatic heterocycles. The highest BCUT2D eigenvalue weighted by Crippen LogP contribution is 2.17. The van der Waals surface area contributed by atoms with Gasteiger partial charge in [-0.1, -0.05) is 25.1 Å². The van der Waals surface area contributed by atoms with Crippen molar-refractivity contribution in [2.24, 2.45) is 0 Å². The molecule has 0 saturated carbocycles. The Morgan fingerprint density at radius 1 is 1.31 bits per heavy atom. The van der Waals surface area contributed by atoms with Gasteiger partial charge in [0.2, 0.25) is 0 Å². The van der Waals surface area contributed by atoms with E-state index in [2.05, 4.69) is 12.2 Å². The molecule has 0 aliphatic rings. The molecule has 0 saturated heterocycles. The van der Waals surface area contributed by atoms with Crippen LogP contribution in [0, 0.1) is 19.7 Å².